The number of hydrogen-bond donors (Lipinski definition) is 0. The fourth-order valence-corrected chi connectivity index (χ4v) is 4.74. The van der Waals surface area contributed by atoms with Crippen molar-refractivity contribution in [1.82, 2.24) is 14.4 Å². The van der Waals surface area contributed by atoms with Crippen LogP contribution in [0.2, 0.25) is 0 Å². The molecule has 1 aliphatic heterocycles. The average molecular weight is 438 g/mol. The maximum atomic E-state index is 12.7. The standard InChI is InChI=1S/C19H24BrN3O2S/c1-3-8-21(2)12-14-6-9-22(10-7-14)18(24)13-23-16-11-15(20)4-5-17(16)26-19(23)25/h3-5,11,14H,1,6-10,12-13H2,2H3. The number of carbonyl (C=O) groups excluding carboxylic acids is 1. The Hall–Kier alpha value is -1.44. The van der Waals surface area contributed by atoms with Crippen LogP contribution in [0.3, 0.4) is 0 Å². The maximum absolute atomic E-state index is 12.7. The van der Waals surface area contributed by atoms with Gasteiger partial charge in [-0.25, -0.2) is 0 Å². The molecule has 1 aliphatic rings. The zero-order valence-corrected chi connectivity index (χ0v) is 17.4. The minimum Gasteiger partial charge on any atom is -0.341 e. The van der Waals surface area contributed by atoms with Gasteiger partial charge in [-0.1, -0.05) is 33.3 Å². The van der Waals surface area contributed by atoms with E-state index in [1.165, 1.54) is 11.3 Å². The first-order valence-corrected chi connectivity index (χ1v) is 10.4. The number of rotatable bonds is 6. The van der Waals surface area contributed by atoms with Crippen molar-refractivity contribution >= 4 is 43.4 Å². The first-order valence-electron chi connectivity index (χ1n) is 8.84. The Labute approximate surface area is 166 Å². The summed E-state index contributed by atoms with van der Waals surface area (Å²) in [4.78, 5) is 29.1. The number of hydrogen-bond acceptors (Lipinski definition) is 4. The summed E-state index contributed by atoms with van der Waals surface area (Å²) in [5.74, 6) is 0.648. The summed E-state index contributed by atoms with van der Waals surface area (Å²) in [6, 6.07) is 5.73. The Bertz CT molecular complexity index is 852. The van der Waals surface area contributed by atoms with Gasteiger partial charge in [0.25, 0.3) is 0 Å². The molecule has 1 aromatic heterocycles. The van der Waals surface area contributed by atoms with Crippen LogP contribution < -0.4 is 4.87 Å². The molecule has 0 N–H and O–H groups in total. The van der Waals surface area contributed by atoms with Gasteiger partial charge in [0, 0.05) is 30.7 Å². The topological polar surface area (TPSA) is 45.5 Å². The Kier molecular flexibility index (Phi) is 6.32. The third kappa shape index (κ3) is 4.45. The molecule has 0 radical (unpaired) electrons. The molecule has 2 heterocycles. The van der Waals surface area contributed by atoms with Crippen LogP contribution in [0.4, 0.5) is 0 Å². The number of nitrogens with zero attached hydrogens (tertiary/aromatic N) is 3. The zero-order chi connectivity index (χ0) is 18.7. The van der Waals surface area contributed by atoms with Gasteiger partial charge in [-0.05, 0) is 44.0 Å². The van der Waals surface area contributed by atoms with E-state index < -0.39 is 0 Å². The molecule has 2 aromatic rings. The average Bonchev–Trinajstić information content (AvgIpc) is 2.91. The van der Waals surface area contributed by atoms with Crippen molar-refractivity contribution in [2.45, 2.75) is 19.4 Å². The van der Waals surface area contributed by atoms with Gasteiger partial charge >= 0.3 is 4.87 Å². The molecule has 0 bridgehead atoms. The third-order valence-electron chi connectivity index (χ3n) is 4.90. The molecule has 1 fully saturated rings. The molecule has 1 aromatic carbocycles. The second-order valence-corrected chi connectivity index (χ2v) is 8.81. The number of likely N-dealkylation sites (N-methyl/N-ethyl adjacent to an activating group) is 1. The van der Waals surface area contributed by atoms with Gasteiger partial charge in [-0.2, -0.15) is 0 Å². The van der Waals surface area contributed by atoms with E-state index >= 15 is 0 Å². The highest BCUT2D eigenvalue weighted by molar-refractivity contribution is 9.10. The number of thiazole rings is 1. The molecule has 0 saturated carbocycles. The summed E-state index contributed by atoms with van der Waals surface area (Å²) in [5, 5.41) is 0. The van der Waals surface area contributed by atoms with Crippen molar-refractivity contribution in [3.63, 3.8) is 0 Å². The van der Waals surface area contributed by atoms with Gasteiger partial charge in [0.15, 0.2) is 0 Å². The van der Waals surface area contributed by atoms with Crippen molar-refractivity contribution in [1.29, 1.82) is 0 Å². The summed E-state index contributed by atoms with van der Waals surface area (Å²) in [6.07, 6.45) is 3.94. The number of aromatic nitrogens is 1. The van der Waals surface area contributed by atoms with E-state index in [2.05, 4.69) is 34.5 Å². The minimum atomic E-state index is -0.0765. The second-order valence-electron chi connectivity index (χ2n) is 6.90. The smallest absolute Gasteiger partial charge is 0.308 e. The largest absolute Gasteiger partial charge is 0.341 e. The van der Waals surface area contributed by atoms with E-state index in [1.807, 2.05) is 29.2 Å². The van der Waals surface area contributed by atoms with Gasteiger partial charge in [0.1, 0.15) is 6.54 Å². The lowest BCUT2D eigenvalue weighted by Crippen LogP contribution is -2.43. The van der Waals surface area contributed by atoms with E-state index in [9.17, 15) is 9.59 Å². The number of carbonyl (C=O) groups is 1. The molecule has 1 saturated heterocycles. The Morgan fingerprint density at radius 3 is 2.85 bits per heavy atom. The van der Waals surface area contributed by atoms with E-state index in [-0.39, 0.29) is 17.3 Å². The Morgan fingerprint density at radius 2 is 2.15 bits per heavy atom. The lowest BCUT2D eigenvalue weighted by atomic mass is 9.96. The quantitative estimate of drug-likeness (QED) is 0.651. The SMILES string of the molecule is C=CCN(C)CC1CCN(C(=O)Cn2c(=O)sc3ccc(Br)cc32)CC1. The van der Waals surface area contributed by atoms with Crippen LogP contribution >= 0.6 is 27.3 Å². The van der Waals surface area contributed by atoms with Crippen molar-refractivity contribution < 1.29 is 4.79 Å². The summed E-state index contributed by atoms with van der Waals surface area (Å²) in [5.41, 5.74) is 0.823. The van der Waals surface area contributed by atoms with Crippen LogP contribution in [0.25, 0.3) is 10.2 Å². The number of likely N-dealkylation sites (tertiary alicyclic amines) is 1. The highest BCUT2D eigenvalue weighted by Crippen LogP contribution is 2.23. The first kappa shape index (κ1) is 19.3. The fourth-order valence-electron chi connectivity index (χ4n) is 3.52. The summed E-state index contributed by atoms with van der Waals surface area (Å²) < 4.78 is 3.42. The lowest BCUT2D eigenvalue weighted by molar-refractivity contribution is -0.133. The van der Waals surface area contributed by atoms with Crippen molar-refractivity contribution in [2.75, 3.05) is 33.2 Å². The van der Waals surface area contributed by atoms with Crippen molar-refractivity contribution in [3.8, 4) is 0 Å². The molecule has 140 valence electrons. The van der Waals surface area contributed by atoms with Crippen LogP contribution in [-0.2, 0) is 11.3 Å². The Balaban J connectivity index is 1.62. The van der Waals surface area contributed by atoms with Crippen LogP contribution in [0, 0.1) is 5.92 Å². The van der Waals surface area contributed by atoms with Crippen LogP contribution in [0.15, 0.2) is 40.1 Å². The summed E-state index contributed by atoms with van der Waals surface area (Å²) >= 11 is 4.63. The van der Waals surface area contributed by atoms with E-state index in [1.54, 1.807) is 4.57 Å². The van der Waals surface area contributed by atoms with Gasteiger partial charge < -0.3 is 9.80 Å². The van der Waals surface area contributed by atoms with Gasteiger partial charge in [-0.3, -0.25) is 14.2 Å². The van der Waals surface area contributed by atoms with Crippen molar-refractivity contribution in [2.24, 2.45) is 5.92 Å². The summed E-state index contributed by atoms with van der Waals surface area (Å²) in [6.45, 7) is 7.37. The van der Waals surface area contributed by atoms with Gasteiger partial charge in [-0.15, -0.1) is 6.58 Å². The molecule has 0 spiro atoms. The highest BCUT2D eigenvalue weighted by atomic mass is 79.9. The molecular weight excluding hydrogens is 414 g/mol. The van der Waals surface area contributed by atoms with Gasteiger partial charge in [0.2, 0.25) is 5.91 Å². The monoisotopic (exact) mass is 437 g/mol. The molecule has 1 amide bonds. The second kappa shape index (κ2) is 8.50. The number of fused-ring (bicyclic) bond motifs is 1. The van der Waals surface area contributed by atoms with Gasteiger partial charge in [0.05, 0.1) is 10.2 Å². The molecular formula is C19H24BrN3O2S. The minimum absolute atomic E-state index is 0.0321. The fraction of sp³-hybridized carbons (Fsp3) is 0.474. The molecule has 0 atom stereocenters. The number of halogens is 1. The number of piperidine rings is 1. The highest BCUT2D eigenvalue weighted by Gasteiger charge is 2.24. The number of benzene rings is 1. The van der Waals surface area contributed by atoms with E-state index in [4.69, 9.17) is 0 Å². The van der Waals surface area contributed by atoms with E-state index in [0.717, 1.165) is 53.7 Å². The van der Waals surface area contributed by atoms with Crippen LogP contribution in [0.5, 0.6) is 0 Å². The predicted molar refractivity (Wildman–Crippen MR) is 111 cm³/mol. The predicted octanol–water partition coefficient (Wildman–Crippen LogP) is 3.18. The van der Waals surface area contributed by atoms with E-state index in [0.29, 0.717) is 5.92 Å². The molecule has 0 unspecified atom stereocenters. The van der Waals surface area contributed by atoms with Crippen molar-refractivity contribution in [3.05, 3.63) is 45.0 Å². The molecule has 3 rings (SSSR count). The molecule has 5 nitrogen and oxygen atoms in total. The lowest BCUT2D eigenvalue weighted by Gasteiger charge is -2.33. The normalized spacial score (nSPS) is 15.7. The molecule has 26 heavy (non-hydrogen) atoms. The van der Waals surface area contributed by atoms with Crippen LogP contribution in [0.1, 0.15) is 12.8 Å². The first-order chi connectivity index (χ1) is 12.5. The third-order valence-corrected chi connectivity index (χ3v) is 6.35. The zero-order valence-electron chi connectivity index (χ0n) is 15.0. The maximum Gasteiger partial charge on any atom is 0.308 e. The Morgan fingerprint density at radius 1 is 1.42 bits per heavy atom. The van der Waals surface area contributed by atoms with Crippen LogP contribution in [-0.4, -0.2) is 53.5 Å². The number of amides is 1. The summed E-state index contributed by atoms with van der Waals surface area (Å²) in [7, 11) is 2.10. The molecule has 7 heteroatoms. The molecule has 0 aliphatic carbocycles.